The molecule has 2 heteroatoms. The first-order valence-corrected chi connectivity index (χ1v) is 30.5. The minimum Gasteiger partial charge on any atom is -0.314 e. The highest BCUT2D eigenvalue weighted by atomic mass is 15.2. The van der Waals surface area contributed by atoms with Gasteiger partial charge in [-0.25, -0.2) is 0 Å². The van der Waals surface area contributed by atoms with Crippen LogP contribution in [0.15, 0.2) is 193 Å². The van der Waals surface area contributed by atoms with Crippen molar-refractivity contribution in [3.63, 3.8) is 0 Å². The summed E-state index contributed by atoms with van der Waals surface area (Å²) in [5.74, 6) is 0. The van der Waals surface area contributed by atoms with E-state index in [9.17, 15) is 0 Å². The normalized spacial score (nSPS) is 13.5. The minimum atomic E-state index is -0.0233. The lowest BCUT2D eigenvalue weighted by Gasteiger charge is -2.33. The highest BCUT2D eigenvalue weighted by Gasteiger charge is 2.42. The second kappa shape index (κ2) is 33.0. The number of rotatable bonds is 20. The van der Waals surface area contributed by atoms with E-state index in [4.69, 9.17) is 0 Å². The van der Waals surface area contributed by atoms with E-state index in [1.807, 2.05) is 41.5 Å². The van der Waals surface area contributed by atoms with Crippen molar-refractivity contribution in [1.29, 1.82) is 0 Å². The molecule has 6 aromatic rings. The summed E-state index contributed by atoms with van der Waals surface area (Å²) in [6.45, 7) is 25.3. The molecule has 0 unspecified atom stereocenters. The Morgan fingerprint density at radius 3 is 1.05 bits per heavy atom. The third-order valence-corrected chi connectivity index (χ3v) is 15.0. The minimum absolute atomic E-state index is 0.0233. The van der Waals surface area contributed by atoms with E-state index < -0.39 is 0 Å². The molecule has 0 aliphatic heterocycles. The zero-order valence-corrected chi connectivity index (χ0v) is 50.0. The molecule has 0 radical (unpaired) electrons. The molecule has 0 fully saturated rings. The van der Waals surface area contributed by atoms with E-state index in [1.54, 1.807) is 11.1 Å². The first kappa shape index (κ1) is 61.5. The summed E-state index contributed by atoms with van der Waals surface area (Å²) in [5, 5.41) is 0. The molecule has 408 valence electrons. The number of anilines is 4. The molecular formula is C75H98N2. The van der Waals surface area contributed by atoms with E-state index in [1.165, 1.54) is 156 Å². The molecule has 77 heavy (non-hydrogen) atoms. The second-order valence-electron chi connectivity index (χ2n) is 20.2. The van der Waals surface area contributed by atoms with Gasteiger partial charge in [-0.05, 0) is 183 Å². The third kappa shape index (κ3) is 16.1. The number of fused-ring (bicyclic) bond motifs is 3. The van der Waals surface area contributed by atoms with Crippen LogP contribution in [0.5, 0.6) is 0 Å². The molecule has 0 spiro atoms. The van der Waals surface area contributed by atoms with Gasteiger partial charge in [0.1, 0.15) is 0 Å². The molecule has 6 aromatic carbocycles. The summed E-state index contributed by atoms with van der Waals surface area (Å²) in [5.41, 5.74) is 21.2. The Hall–Kier alpha value is -6.38. The Labute approximate surface area is 470 Å². The Morgan fingerprint density at radius 1 is 0.403 bits per heavy atom. The van der Waals surface area contributed by atoms with Gasteiger partial charge >= 0.3 is 0 Å². The average molecular weight is 1030 g/mol. The number of hydrogen-bond acceptors (Lipinski definition) is 2. The Balaban J connectivity index is 0.000000836. The fourth-order valence-electron chi connectivity index (χ4n) is 11.1. The number of benzene rings is 6. The van der Waals surface area contributed by atoms with Gasteiger partial charge < -0.3 is 9.80 Å². The molecule has 3 aliphatic rings. The Bertz CT molecular complexity index is 2600. The highest BCUT2D eigenvalue weighted by Crippen LogP contribution is 2.56. The molecule has 2 nitrogen and oxygen atoms in total. The van der Waals surface area contributed by atoms with Crippen molar-refractivity contribution < 1.29 is 0 Å². The molecule has 0 N–H and O–H groups in total. The lowest BCUT2D eigenvalue weighted by molar-refractivity contribution is 0.401. The van der Waals surface area contributed by atoms with E-state index in [0.29, 0.717) is 0 Å². The van der Waals surface area contributed by atoms with Gasteiger partial charge in [-0.15, -0.1) is 0 Å². The topological polar surface area (TPSA) is 6.48 Å². The van der Waals surface area contributed by atoms with Crippen molar-refractivity contribution in [2.45, 2.75) is 191 Å². The van der Waals surface area contributed by atoms with Crippen LogP contribution in [-0.2, 0) is 5.41 Å². The third-order valence-electron chi connectivity index (χ3n) is 15.0. The zero-order chi connectivity index (χ0) is 55.4. The van der Waals surface area contributed by atoms with E-state index in [2.05, 4.69) is 233 Å². The van der Waals surface area contributed by atoms with Gasteiger partial charge in [-0.1, -0.05) is 241 Å². The number of unbranched alkanes of at least 4 members (excludes halogenated alkanes) is 6. The van der Waals surface area contributed by atoms with Crippen LogP contribution in [0.25, 0.3) is 33.4 Å². The molecule has 0 atom stereocenters. The molecular weight excluding hydrogens is 929 g/mol. The molecule has 3 aliphatic carbocycles. The maximum Gasteiger partial charge on any atom is 0.0458 e. The fourth-order valence-corrected chi connectivity index (χ4v) is 11.1. The summed E-state index contributed by atoms with van der Waals surface area (Å²) in [4.78, 5) is 4.89. The van der Waals surface area contributed by atoms with Crippen LogP contribution in [-0.4, -0.2) is 0 Å². The highest BCUT2D eigenvalue weighted by molar-refractivity contribution is 5.87. The molecule has 0 bridgehead atoms. The zero-order valence-electron chi connectivity index (χ0n) is 50.0. The van der Waals surface area contributed by atoms with Gasteiger partial charge in [0, 0.05) is 39.6 Å². The smallest absolute Gasteiger partial charge is 0.0458 e. The van der Waals surface area contributed by atoms with E-state index >= 15 is 0 Å². The number of aryl methyl sites for hydroxylation is 2. The molecule has 0 amide bonds. The number of nitrogens with zero attached hydrogens (tertiary/aromatic N) is 2. The van der Waals surface area contributed by atoms with Crippen molar-refractivity contribution in [3.05, 3.63) is 216 Å². The van der Waals surface area contributed by atoms with Gasteiger partial charge in [0.05, 0.1) is 0 Å². The monoisotopic (exact) mass is 1030 g/mol. The lowest BCUT2D eigenvalue weighted by Crippen LogP contribution is -2.25. The maximum atomic E-state index is 2.60. The summed E-state index contributed by atoms with van der Waals surface area (Å²) in [6.07, 6.45) is 37.0. The van der Waals surface area contributed by atoms with Crippen LogP contribution in [0.2, 0.25) is 0 Å². The second-order valence-corrected chi connectivity index (χ2v) is 20.2. The van der Waals surface area contributed by atoms with Crippen molar-refractivity contribution >= 4 is 22.7 Å². The fraction of sp³-hybridized carbons (Fsp3) is 0.387. The van der Waals surface area contributed by atoms with Crippen LogP contribution in [0.1, 0.15) is 194 Å². The SMILES string of the molecule is CC.CC.CC.CC/C=C\CC.CCCCCCC1(CCCCCC)c2cc(-c3ccc(N(C4=CC=CCC4)c4ccc(C)cc4)cc3)ccc2-c2ccc(-c3ccc(N(C4=CC=CCC4)c4ccc(C)cc4)cc3)cc21. The maximum absolute atomic E-state index is 2.60. The first-order valence-electron chi connectivity index (χ1n) is 30.5. The summed E-state index contributed by atoms with van der Waals surface area (Å²) in [6, 6.07) is 51.6. The molecule has 0 saturated carbocycles. The quantitative estimate of drug-likeness (QED) is 0.0555. The van der Waals surface area contributed by atoms with Crippen LogP contribution in [0.4, 0.5) is 22.7 Å². The van der Waals surface area contributed by atoms with E-state index in [0.717, 1.165) is 25.7 Å². The Morgan fingerprint density at radius 2 is 0.740 bits per heavy atom. The predicted molar refractivity (Wildman–Crippen MR) is 344 cm³/mol. The molecule has 9 rings (SSSR count). The summed E-state index contributed by atoms with van der Waals surface area (Å²) >= 11 is 0. The Kier molecular flexibility index (Phi) is 26.4. The first-order chi connectivity index (χ1) is 37.9. The molecule has 0 saturated heterocycles. The standard InChI is InChI=1S/C63H68N2.C6H12.3C2H6/c1-5-7-9-17-43-63(44-18-10-8-6-2)61-45-51(49-27-37-57(38-28-49)64(53-19-13-11-14-20-53)55-33-23-47(3)24-34-55)31-41-59(61)60-42-32-52(46-62(60)63)50-29-39-58(40-30-50)65(54-21-15-12-16-22-54)56-35-25-48(4)26-36-56;1-3-5-6-4-2;3*1-2/h11-13,15,19,21,23-42,45-46H,5-10,14,16-18,20,22,43-44H2,1-4H3;5-6H,3-4H2,1-2H3;3*1-2H3/b;6-5-;;;. The van der Waals surface area contributed by atoms with Crippen LogP contribution in [0.3, 0.4) is 0 Å². The van der Waals surface area contributed by atoms with Gasteiger partial charge in [-0.3, -0.25) is 0 Å². The van der Waals surface area contributed by atoms with Gasteiger partial charge in [0.25, 0.3) is 0 Å². The largest absolute Gasteiger partial charge is 0.314 e. The average Bonchev–Trinajstić information content (AvgIpc) is 3.99. The van der Waals surface area contributed by atoms with Crippen molar-refractivity contribution in [2.24, 2.45) is 0 Å². The lowest BCUT2D eigenvalue weighted by atomic mass is 9.70. The summed E-state index contributed by atoms with van der Waals surface area (Å²) in [7, 11) is 0. The predicted octanol–water partition coefficient (Wildman–Crippen LogP) is 24.0. The number of hydrogen-bond donors (Lipinski definition) is 0. The van der Waals surface area contributed by atoms with Gasteiger partial charge in [-0.2, -0.15) is 0 Å². The van der Waals surface area contributed by atoms with Crippen LogP contribution < -0.4 is 9.80 Å². The van der Waals surface area contributed by atoms with Crippen molar-refractivity contribution in [1.82, 2.24) is 0 Å². The van der Waals surface area contributed by atoms with Gasteiger partial charge in [0.15, 0.2) is 0 Å². The van der Waals surface area contributed by atoms with Gasteiger partial charge in [0.2, 0.25) is 0 Å². The number of allylic oxidation sites excluding steroid dienone is 10. The summed E-state index contributed by atoms with van der Waals surface area (Å²) < 4.78 is 0. The molecule has 0 aromatic heterocycles. The van der Waals surface area contributed by atoms with E-state index in [-0.39, 0.29) is 5.41 Å². The van der Waals surface area contributed by atoms with Crippen molar-refractivity contribution in [3.8, 4) is 33.4 Å². The van der Waals surface area contributed by atoms with Crippen molar-refractivity contribution in [2.75, 3.05) is 9.80 Å². The molecule has 0 heterocycles. The van der Waals surface area contributed by atoms with Crippen LogP contribution >= 0.6 is 0 Å². The van der Waals surface area contributed by atoms with Crippen LogP contribution in [0, 0.1) is 13.8 Å².